The average molecular weight is 289 g/mol. The van der Waals surface area contributed by atoms with Crippen LogP contribution in [0.25, 0.3) is 0 Å². The second-order valence-electron chi connectivity index (χ2n) is 6.02. The minimum absolute atomic E-state index is 0.341. The zero-order valence-corrected chi connectivity index (χ0v) is 12.9. The summed E-state index contributed by atoms with van der Waals surface area (Å²) in [6.07, 6.45) is 0.298. The second kappa shape index (κ2) is 7.81. The first-order valence-corrected chi connectivity index (χ1v) is 7.09. The van der Waals surface area contributed by atoms with E-state index in [0.29, 0.717) is 32.8 Å². The molecule has 1 rings (SSSR count). The Balaban J connectivity index is 2.59. The Labute approximate surface area is 121 Å². The van der Waals surface area contributed by atoms with Gasteiger partial charge in [0.25, 0.3) is 0 Å². The second-order valence-corrected chi connectivity index (χ2v) is 6.02. The minimum Gasteiger partial charge on any atom is -0.444 e. The summed E-state index contributed by atoms with van der Waals surface area (Å²) in [5.74, 6) is 0. The van der Waals surface area contributed by atoms with Crippen LogP contribution in [0.4, 0.5) is 4.79 Å². The first-order chi connectivity index (χ1) is 9.35. The van der Waals surface area contributed by atoms with E-state index >= 15 is 0 Å². The number of aliphatic hydroxyl groups is 1. The predicted octanol–water partition coefficient (Wildman–Crippen LogP) is 1.41. The van der Waals surface area contributed by atoms with Crippen molar-refractivity contribution in [2.45, 2.75) is 51.4 Å². The molecule has 2 unspecified atom stereocenters. The van der Waals surface area contributed by atoms with Gasteiger partial charge in [-0.25, -0.2) is 4.79 Å². The van der Waals surface area contributed by atoms with Gasteiger partial charge in [-0.05, 0) is 33.6 Å². The number of nitrogens with zero attached hydrogens (tertiary/aromatic N) is 1. The number of aliphatic hydroxyl groups excluding tert-OH is 1. The maximum Gasteiger partial charge on any atom is 0.410 e. The highest BCUT2D eigenvalue weighted by Crippen LogP contribution is 2.18. The van der Waals surface area contributed by atoms with Gasteiger partial charge in [0, 0.05) is 20.3 Å². The number of carbonyl (C=O) groups is 1. The maximum absolute atomic E-state index is 12.2. The molecule has 118 valence electrons. The van der Waals surface area contributed by atoms with Crippen molar-refractivity contribution in [1.29, 1.82) is 0 Å². The zero-order chi connectivity index (χ0) is 15.2. The number of hydrogen-bond donors (Lipinski definition) is 1. The smallest absolute Gasteiger partial charge is 0.410 e. The van der Waals surface area contributed by atoms with Crippen LogP contribution in [0.2, 0.25) is 0 Å². The van der Waals surface area contributed by atoms with E-state index in [1.165, 1.54) is 0 Å². The van der Waals surface area contributed by atoms with Gasteiger partial charge in [0.2, 0.25) is 0 Å². The molecule has 0 spiro atoms. The van der Waals surface area contributed by atoms with Crippen molar-refractivity contribution in [3.63, 3.8) is 0 Å². The largest absolute Gasteiger partial charge is 0.444 e. The van der Waals surface area contributed by atoms with E-state index in [1.807, 2.05) is 20.8 Å². The Morgan fingerprint density at radius 3 is 2.80 bits per heavy atom. The number of morpholine rings is 1. The van der Waals surface area contributed by atoms with Crippen LogP contribution in [0.5, 0.6) is 0 Å². The number of methoxy groups -OCH3 is 1. The van der Waals surface area contributed by atoms with Crippen LogP contribution in [0.1, 0.15) is 33.6 Å². The van der Waals surface area contributed by atoms with Gasteiger partial charge in [0.15, 0.2) is 0 Å². The fourth-order valence-electron chi connectivity index (χ4n) is 2.12. The van der Waals surface area contributed by atoms with Gasteiger partial charge < -0.3 is 19.3 Å². The quantitative estimate of drug-likeness (QED) is 0.775. The van der Waals surface area contributed by atoms with Gasteiger partial charge in [-0.15, -0.1) is 0 Å². The van der Waals surface area contributed by atoms with E-state index in [9.17, 15) is 9.90 Å². The van der Waals surface area contributed by atoms with E-state index in [2.05, 4.69) is 0 Å². The number of ether oxygens (including phenoxy) is 3. The van der Waals surface area contributed by atoms with Crippen LogP contribution in [0.3, 0.4) is 0 Å². The summed E-state index contributed by atoms with van der Waals surface area (Å²) in [6, 6.07) is -0.351. The highest BCUT2D eigenvalue weighted by atomic mass is 16.6. The molecule has 0 bridgehead atoms. The van der Waals surface area contributed by atoms with Crippen molar-refractivity contribution >= 4 is 6.09 Å². The first-order valence-electron chi connectivity index (χ1n) is 7.09. The molecule has 0 aromatic rings. The fourth-order valence-corrected chi connectivity index (χ4v) is 2.12. The Morgan fingerprint density at radius 1 is 1.50 bits per heavy atom. The van der Waals surface area contributed by atoms with Gasteiger partial charge in [0.1, 0.15) is 5.60 Å². The molecule has 0 aliphatic carbocycles. The van der Waals surface area contributed by atoms with E-state index in [1.54, 1.807) is 12.0 Å². The highest BCUT2D eigenvalue weighted by molar-refractivity contribution is 5.68. The van der Waals surface area contributed by atoms with Crippen LogP contribution in [-0.2, 0) is 14.2 Å². The number of rotatable bonds is 5. The lowest BCUT2D eigenvalue weighted by atomic mass is 10.0. The molecule has 1 N–H and O–H groups in total. The van der Waals surface area contributed by atoms with Crippen LogP contribution in [-0.4, -0.2) is 67.3 Å². The van der Waals surface area contributed by atoms with Gasteiger partial charge >= 0.3 is 6.09 Å². The van der Waals surface area contributed by atoms with Crippen molar-refractivity contribution in [2.75, 3.05) is 33.5 Å². The van der Waals surface area contributed by atoms with Crippen molar-refractivity contribution in [2.24, 2.45) is 0 Å². The van der Waals surface area contributed by atoms with Crippen LogP contribution >= 0.6 is 0 Å². The van der Waals surface area contributed by atoms with E-state index in [-0.39, 0.29) is 6.04 Å². The summed E-state index contributed by atoms with van der Waals surface area (Å²) in [5.41, 5.74) is -0.541. The van der Waals surface area contributed by atoms with Crippen molar-refractivity contribution in [3.05, 3.63) is 0 Å². The molecule has 1 heterocycles. The Morgan fingerprint density at radius 2 is 2.20 bits per heavy atom. The van der Waals surface area contributed by atoms with Gasteiger partial charge in [-0.3, -0.25) is 4.90 Å². The average Bonchev–Trinajstić information content (AvgIpc) is 2.37. The van der Waals surface area contributed by atoms with E-state index in [4.69, 9.17) is 14.2 Å². The van der Waals surface area contributed by atoms with Gasteiger partial charge in [-0.1, -0.05) is 0 Å². The summed E-state index contributed by atoms with van der Waals surface area (Å²) in [4.78, 5) is 13.7. The van der Waals surface area contributed by atoms with Crippen molar-refractivity contribution < 1.29 is 24.1 Å². The number of hydrogen-bond acceptors (Lipinski definition) is 5. The highest BCUT2D eigenvalue weighted by Gasteiger charge is 2.34. The number of carbonyl (C=O) groups excluding carboxylic acids is 1. The van der Waals surface area contributed by atoms with Crippen molar-refractivity contribution in [1.82, 2.24) is 4.90 Å². The van der Waals surface area contributed by atoms with Crippen LogP contribution < -0.4 is 0 Å². The Hall–Kier alpha value is -0.850. The lowest BCUT2D eigenvalue weighted by Crippen LogP contribution is -2.55. The molecule has 2 atom stereocenters. The van der Waals surface area contributed by atoms with Crippen LogP contribution in [0, 0.1) is 0 Å². The summed E-state index contributed by atoms with van der Waals surface area (Å²) in [7, 11) is 1.63. The standard InChI is InChI=1S/C14H27NO5/c1-14(2,3)20-13(17)15-7-9-19-10-11(15)12(16)6-5-8-18-4/h11-12,16H,5-10H2,1-4H3. The maximum atomic E-state index is 12.2. The molecule has 1 aliphatic rings. The zero-order valence-electron chi connectivity index (χ0n) is 12.9. The fraction of sp³-hybridized carbons (Fsp3) is 0.929. The molecule has 0 saturated carbocycles. The Bertz CT molecular complexity index is 302. The third kappa shape index (κ3) is 5.64. The monoisotopic (exact) mass is 289 g/mol. The summed E-state index contributed by atoms with van der Waals surface area (Å²) < 4.78 is 15.7. The molecule has 1 amide bonds. The normalized spacial score (nSPS) is 21.6. The topological polar surface area (TPSA) is 68.2 Å². The number of amides is 1. The summed E-state index contributed by atoms with van der Waals surface area (Å²) >= 11 is 0. The molecule has 1 saturated heterocycles. The summed E-state index contributed by atoms with van der Waals surface area (Å²) in [5, 5.41) is 10.2. The third-order valence-corrected chi connectivity index (χ3v) is 3.09. The molecule has 6 heteroatoms. The molecule has 0 radical (unpaired) electrons. The minimum atomic E-state index is -0.627. The SMILES string of the molecule is COCCCC(O)C1COCCN1C(=O)OC(C)(C)C. The van der Waals surface area contributed by atoms with E-state index < -0.39 is 17.8 Å². The molecule has 0 aromatic carbocycles. The lowest BCUT2D eigenvalue weighted by Gasteiger charge is -2.38. The predicted molar refractivity (Wildman–Crippen MR) is 74.7 cm³/mol. The molecule has 1 fully saturated rings. The summed E-state index contributed by atoms with van der Waals surface area (Å²) in [6.45, 7) is 7.34. The third-order valence-electron chi connectivity index (χ3n) is 3.09. The van der Waals surface area contributed by atoms with Gasteiger partial charge in [-0.2, -0.15) is 0 Å². The van der Waals surface area contributed by atoms with Gasteiger partial charge in [0.05, 0.1) is 25.4 Å². The molecular formula is C14H27NO5. The molecule has 20 heavy (non-hydrogen) atoms. The van der Waals surface area contributed by atoms with E-state index in [0.717, 1.165) is 6.42 Å². The molecular weight excluding hydrogens is 262 g/mol. The molecule has 0 aromatic heterocycles. The lowest BCUT2D eigenvalue weighted by molar-refractivity contribution is -0.0687. The van der Waals surface area contributed by atoms with Crippen LogP contribution in [0.15, 0.2) is 0 Å². The molecule has 1 aliphatic heterocycles. The van der Waals surface area contributed by atoms with Crippen molar-refractivity contribution in [3.8, 4) is 0 Å². The first kappa shape index (κ1) is 17.2. The Kier molecular flexibility index (Phi) is 6.71. The molecule has 6 nitrogen and oxygen atoms in total.